The summed E-state index contributed by atoms with van der Waals surface area (Å²) in [6, 6.07) is 16.3. The number of benzene rings is 2. The molecule has 0 saturated heterocycles. The van der Waals surface area contributed by atoms with E-state index in [-0.39, 0.29) is 5.41 Å². The van der Waals surface area contributed by atoms with Crippen molar-refractivity contribution in [2.75, 3.05) is 11.5 Å². The number of hydrogen-bond acceptors (Lipinski definition) is 2. The molecule has 0 radical (unpaired) electrons. The van der Waals surface area contributed by atoms with Gasteiger partial charge in [0.25, 0.3) is 0 Å². The van der Waals surface area contributed by atoms with Crippen LogP contribution in [0.25, 0.3) is 0 Å². The largest absolute Gasteiger partial charge is 0.397 e. The standard InChI is InChI=1S/C15H18N2/c1-15(2,11-6-4-3-5-7-11)12-8-9-13(16)14(17)10-12/h3-10H,16-17H2,1-2H3. The first-order valence-corrected chi connectivity index (χ1v) is 5.73. The molecule has 17 heavy (non-hydrogen) atoms. The molecule has 0 aliphatic rings. The van der Waals surface area contributed by atoms with Gasteiger partial charge in [-0.25, -0.2) is 0 Å². The highest BCUT2D eigenvalue weighted by Gasteiger charge is 2.23. The summed E-state index contributed by atoms with van der Waals surface area (Å²) in [7, 11) is 0. The van der Waals surface area contributed by atoms with E-state index in [4.69, 9.17) is 11.5 Å². The van der Waals surface area contributed by atoms with Gasteiger partial charge < -0.3 is 11.5 Å². The molecule has 2 nitrogen and oxygen atoms in total. The van der Waals surface area contributed by atoms with Crippen molar-refractivity contribution in [3.05, 3.63) is 59.7 Å². The van der Waals surface area contributed by atoms with Gasteiger partial charge in [0.15, 0.2) is 0 Å². The molecule has 0 amide bonds. The van der Waals surface area contributed by atoms with Crippen LogP contribution < -0.4 is 11.5 Å². The van der Waals surface area contributed by atoms with Crippen molar-refractivity contribution in [2.45, 2.75) is 19.3 Å². The number of rotatable bonds is 2. The van der Waals surface area contributed by atoms with Gasteiger partial charge in [0.1, 0.15) is 0 Å². The zero-order valence-electron chi connectivity index (χ0n) is 10.3. The minimum atomic E-state index is -0.0664. The Hall–Kier alpha value is -1.96. The average molecular weight is 226 g/mol. The van der Waals surface area contributed by atoms with Crippen molar-refractivity contribution in [1.82, 2.24) is 0 Å². The fourth-order valence-corrected chi connectivity index (χ4v) is 1.99. The van der Waals surface area contributed by atoms with Crippen molar-refractivity contribution >= 4 is 11.4 Å². The van der Waals surface area contributed by atoms with Crippen molar-refractivity contribution in [3.8, 4) is 0 Å². The van der Waals surface area contributed by atoms with Crippen LogP contribution in [0.3, 0.4) is 0 Å². The number of anilines is 2. The topological polar surface area (TPSA) is 52.0 Å². The predicted octanol–water partition coefficient (Wildman–Crippen LogP) is 3.18. The second kappa shape index (κ2) is 4.13. The van der Waals surface area contributed by atoms with Crippen LogP contribution in [0.1, 0.15) is 25.0 Å². The van der Waals surface area contributed by atoms with E-state index in [1.54, 1.807) is 0 Å². The molecule has 4 N–H and O–H groups in total. The third kappa shape index (κ3) is 2.11. The van der Waals surface area contributed by atoms with Crippen LogP contribution in [0.4, 0.5) is 11.4 Å². The van der Waals surface area contributed by atoms with Gasteiger partial charge in [-0.2, -0.15) is 0 Å². The molecule has 0 heterocycles. The fourth-order valence-electron chi connectivity index (χ4n) is 1.99. The van der Waals surface area contributed by atoms with Crippen LogP contribution in [-0.2, 0) is 5.41 Å². The molecule has 0 aliphatic carbocycles. The second-order valence-electron chi connectivity index (χ2n) is 4.83. The minimum absolute atomic E-state index is 0.0664. The molecular weight excluding hydrogens is 208 g/mol. The lowest BCUT2D eigenvalue weighted by molar-refractivity contribution is 0.641. The maximum absolute atomic E-state index is 5.87. The van der Waals surface area contributed by atoms with Crippen molar-refractivity contribution in [3.63, 3.8) is 0 Å². The van der Waals surface area contributed by atoms with Crippen molar-refractivity contribution < 1.29 is 0 Å². The smallest absolute Gasteiger partial charge is 0.0550 e. The van der Waals surface area contributed by atoms with Crippen molar-refractivity contribution in [2.24, 2.45) is 0 Å². The summed E-state index contributed by atoms with van der Waals surface area (Å²) < 4.78 is 0. The Balaban J connectivity index is 2.48. The highest BCUT2D eigenvalue weighted by atomic mass is 14.7. The average Bonchev–Trinajstić information content (AvgIpc) is 2.33. The fraction of sp³-hybridized carbons (Fsp3) is 0.200. The molecule has 0 atom stereocenters. The predicted molar refractivity (Wildman–Crippen MR) is 73.8 cm³/mol. The van der Waals surface area contributed by atoms with Gasteiger partial charge in [0.05, 0.1) is 11.4 Å². The van der Waals surface area contributed by atoms with E-state index in [1.807, 2.05) is 24.3 Å². The minimum Gasteiger partial charge on any atom is -0.397 e. The second-order valence-corrected chi connectivity index (χ2v) is 4.83. The first kappa shape index (κ1) is 11.5. The molecule has 2 aromatic carbocycles. The molecule has 0 unspecified atom stereocenters. The zero-order chi connectivity index (χ0) is 12.5. The van der Waals surface area contributed by atoms with Crippen LogP contribution in [-0.4, -0.2) is 0 Å². The summed E-state index contributed by atoms with van der Waals surface area (Å²) in [5.74, 6) is 0. The van der Waals surface area contributed by atoms with E-state index in [0.29, 0.717) is 11.4 Å². The Morgan fingerprint density at radius 3 is 2.00 bits per heavy atom. The molecule has 0 aromatic heterocycles. The molecule has 2 rings (SSSR count). The lowest BCUT2D eigenvalue weighted by atomic mass is 9.78. The molecule has 0 bridgehead atoms. The van der Waals surface area contributed by atoms with E-state index in [9.17, 15) is 0 Å². The van der Waals surface area contributed by atoms with E-state index in [2.05, 4.69) is 38.1 Å². The van der Waals surface area contributed by atoms with Gasteiger partial charge in [0.2, 0.25) is 0 Å². The summed E-state index contributed by atoms with van der Waals surface area (Å²) in [6.07, 6.45) is 0. The lowest BCUT2D eigenvalue weighted by Gasteiger charge is -2.26. The van der Waals surface area contributed by atoms with E-state index < -0.39 is 0 Å². The Kier molecular flexibility index (Phi) is 2.80. The summed E-state index contributed by atoms with van der Waals surface area (Å²) in [5, 5.41) is 0. The summed E-state index contributed by atoms with van der Waals surface area (Å²) >= 11 is 0. The van der Waals surface area contributed by atoms with Gasteiger partial charge >= 0.3 is 0 Å². The molecule has 0 spiro atoms. The van der Waals surface area contributed by atoms with E-state index in [1.165, 1.54) is 11.1 Å². The first-order valence-electron chi connectivity index (χ1n) is 5.73. The van der Waals surface area contributed by atoms with E-state index >= 15 is 0 Å². The van der Waals surface area contributed by atoms with Gasteiger partial charge in [-0.3, -0.25) is 0 Å². The van der Waals surface area contributed by atoms with Crippen LogP contribution in [0.5, 0.6) is 0 Å². The third-order valence-electron chi connectivity index (χ3n) is 3.30. The normalized spacial score (nSPS) is 11.4. The van der Waals surface area contributed by atoms with Crippen LogP contribution in [0.2, 0.25) is 0 Å². The summed E-state index contributed by atoms with van der Waals surface area (Å²) in [4.78, 5) is 0. The van der Waals surface area contributed by atoms with Gasteiger partial charge in [-0.1, -0.05) is 50.2 Å². The Bertz CT molecular complexity index is 516. The molecule has 2 heteroatoms. The number of nitrogens with two attached hydrogens (primary N) is 2. The molecule has 88 valence electrons. The van der Waals surface area contributed by atoms with Gasteiger partial charge in [-0.15, -0.1) is 0 Å². The zero-order valence-corrected chi connectivity index (χ0v) is 10.3. The van der Waals surface area contributed by atoms with Crippen LogP contribution >= 0.6 is 0 Å². The van der Waals surface area contributed by atoms with Gasteiger partial charge in [0, 0.05) is 5.41 Å². The van der Waals surface area contributed by atoms with Gasteiger partial charge in [-0.05, 0) is 23.3 Å². The Labute approximate surface area is 102 Å². The first-order chi connectivity index (χ1) is 8.01. The maximum Gasteiger partial charge on any atom is 0.0550 e. The molecule has 2 aromatic rings. The highest BCUT2D eigenvalue weighted by Crippen LogP contribution is 2.33. The Morgan fingerprint density at radius 2 is 1.41 bits per heavy atom. The maximum atomic E-state index is 5.87. The SMILES string of the molecule is CC(C)(c1ccccc1)c1ccc(N)c(N)c1. The quantitative estimate of drug-likeness (QED) is 0.773. The lowest BCUT2D eigenvalue weighted by Crippen LogP contribution is -2.19. The monoisotopic (exact) mass is 226 g/mol. The summed E-state index contributed by atoms with van der Waals surface area (Å²) in [5.41, 5.74) is 15.3. The number of hydrogen-bond donors (Lipinski definition) is 2. The molecule has 0 fully saturated rings. The number of nitrogen functional groups attached to an aromatic ring is 2. The molecule has 0 saturated carbocycles. The van der Waals surface area contributed by atoms with Crippen molar-refractivity contribution in [1.29, 1.82) is 0 Å². The summed E-state index contributed by atoms with van der Waals surface area (Å²) in [6.45, 7) is 4.38. The highest BCUT2D eigenvalue weighted by molar-refractivity contribution is 5.65. The van der Waals surface area contributed by atoms with Crippen LogP contribution in [0, 0.1) is 0 Å². The molecular formula is C15H18N2. The molecule has 0 aliphatic heterocycles. The van der Waals surface area contributed by atoms with E-state index in [0.717, 1.165) is 0 Å². The Morgan fingerprint density at radius 1 is 0.765 bits per heavy atom. The third-order valence-corrected chi connectivity index (χ3v) is 3.30. The van der Waals surface area contributed by atoms with Crippen LogP contribution in [0.15, 0.2) is 48.5 Å².